The van der Waals surface area contributed by atoms with Gasteiger partial charge in [-0.1, -0.05) is 58.7 Å². The molecule has 4 amide bonds. The summed E-state index contributed by atoms with van der Waals surface area (Å²) in [4.78, 5) is 74.8. The van der Waals surface area contributed by atoms with Gasteiger partial charge in [0, 0.05) is 18.0 Å². The maximum atomic E-state index is 13.8. The molecule has 5 aromatic rings. The molecule has 4 N–H and O–H groups in total. The number of hydrogen-bond acceptors (Lipinski definition) is 9. The van der Waals surface area contributed by atoms with Gasteiger partial charge in [0.15, 0.2) is 0 Å². The SMILES string of the molecule is COC(=O)N[C@H](C(=O)N1CCC[C@H]1c1ncc(-c2ccc(-c3ccc(-c4ccc5nc([C@@H]6CCCN6C(=O)[C@@H](NC(=O)OC)C(C)C)[nH]c5c4)c4c3CC3(CCCC3)C4)s2)[nH]1)C(C)C. The van der Waals surface area contributed by atoms with E-state index in [1.165, 1.54) is 67.0 Å². The van der Waals surface area contributed by atoms with Crippen LogP contribution in [0.25, 0.3) is 43.2 Å². The molecule has 0 bridgehead atoms. The van der Waals surface area contributed by atoms with Gasteiger partial charge in [-0.3, -0.25) is 9.59 Å². The fourth-order valence-electron chi connectivity index (χ4n) is 10.9. The summed E-state index contributed by atoms with van der Waals surface area (Å²) in [5.74, 6) is 1.07. The summed E-state index contributed by atoms with van der Waals surface area (Å²) >= 11 is 1.76. The number of alkyl carbamates (subject to hydrolysis) is 2. The van der Waals surface area contributed by atoms with Gasteiger partial charge in [0.25, 0.3) is 0 Å². The predicted octanol–water partition coefficient (Wildman–Crippen LogP) is 9.10. The Hall–Kier alpha value is -5.70. The molecule has 2 saturated heterocycles. The minimum atomic E-state index is -0.689. The van der Waals surface area contributed by atoms with Crippen LogP contribution in [-0.2, 0) is 31.9 Å². The van der Waals surface area contributed by atoms with Crippen LogP contribution in [0.1, 0.15) is 114 Å². The van der Waals surface area contributed by atoms with E-state index in [0.29, 0.717) is 13.1 Å². The number of nitrogens with one attached hydrogen (secondary N) is 4. The Kier molecular flexibility index (Phi) is 12.0. The molecule has 5 heterocycles. The number of benzene rings is 2. The van der Waals surface area contributed by atoms with E-state index in [4.69, 9.17) is 19.4 Å². The molecule has 14 nitrogen and oxygen atoms in total. The van der Waals surface area contributed by atoms with Gasteiger partial charge >= 0.3 is 12.2 Å². The summed E-state index contributed by atoms with van der Waals surface area (Å²) in [6, 6.07) is 13.7. The highest BCUT2D eigenvalue weighted by Crippen LogP contribution is 2.54. The second-order valence-electron chi connectivity index (χ2n) is 19.0. The number of likely N-dealkylation sites (tertiary alicyclic amines) is 2. The van der Waals surface area contributed by atoms with Crippen molar-refractivity contribution in [2.45, 2.75) is 116 Å². The number of rotatable bonds is 11. The predicted molar refractivity (Wildman–Crippen MR) is 246 cm³/mol. The second kappa shape index (κ2) is 17.7. The summed E-state index contributed by atoms with van der Waals surface area (Å²) in [6.45, 7) is 8.90. The maximum absolute atomic E-state index is 13.8. The lowest BCUT2D eigenvalue weighted by Gasteiger charge is -2.30. The summed E-state index contributed by atoms with van der Waals surface area (Å²) in [6.07, 6.45) is 11.1. The van der Waals surface area contributed by atoms with E-state index in [0.717, 1.165) is 77.3 Å². The van der Waals surface area contributed by atoms with E-state index < -0.39 is 24.3 Å². The standard InChI is InChI=1S/C49H60N8O6S/c1-27(2)41(54-47(60)62-5)45(58)56-21-9-11-37(56)43-50-26-36(53-43)40-18-17-39(64-40)31-15-14-30(32-24-49(25-33(31)32)19-7-8-20-49)29-13-16-34-35(23-29)52-44(51-34)38-12-10-22-57(38)46(59)42(28(3)4)55-48(61)63-6/h13-18,23,26-28,37-38,41-42H,7-12,19-22,24-25H2,1-6H3,(H,50,53)(H,51,52)(H,54,60)(H,55,61)/t37-,38-,41-,42-/m0/s1. The smallest absolute Gasteiger partial charge is 0.407 e. The largest absolute Gasteiger partial charge is 0.453 e. The molecule has 4 aliphatic rings. The number of nitrogens with zero attached hydrogens (tertiary/aromatic N) is 4. The number of amides is 4. The van der Waals surface area contributed by atoms with Crippen LogP contribution in [-0.4, -0.2) is 93.1 Å². The molecule has 2 aliphatic carbocycles. The van der Waals surface area contributed by atoms with Crippen LogP contribution in [0.5, 0.6) is 0 Å². The number of carbonyl (C=O) groups excluding carboxylic acids is 4. The average molecular weight is 889 g/mol. The third-order valence-corrected chi connectivity index (χ3v) is 15.4. The molecule has 1 saturated carbocycles. The summed E-state index contributed by atoms with van der Waals surface area (Å²) < 4.78 is 9.64. The van der Waals surface area contributed by atoms with Crippen molar-refractivity contribution < 1.29 is 28.7 Å². The van der Waals surface area contributed by atoms with Crippen molar-refractivity contribution in [2.75, 3.05) is 27.3 Å². The van der Waals surface area contributed by atoms with Gasteiger partial charge in [-0.05, 0) is 121 Å². The molecule has 0 radical (unpaired) electrons. The lowest BCUT2D eigenvalue weighted by Crippen LogP contribution is -2.51. The van der Waals surface area contributed by atoms with Crippen LogP contribution < -0.4 is 10.6 Å². The van der Waals surface area contributed by atoms with Crippen molar-refractivity contribution in [1.29, 1.82) is 0 Å². The van der Waals surface area contributed by atoms with Gasteiger partial charge in [-0.25, -0.2) is 19.6 Å². The molecule has 64 heavy (non-hydrogen) atoms. The Morgan fingerprint density at radius 3 is 1.92 bits per heavy atom. The van der Waals surface area contributed by atoms with E-state index in [1.807, 2.05) is 43.7 Å². The summed E-state index contributed by atoms with van der Waals surface area (Å²) in [5.41, 5.74) is 9.61. The number of hydrogen-bond donors (Lipinski definition) is 4. The Morgan fingerprint density at radius 1 is 0.734 bits per heavy atom. The monoisotopic (exact) mass is 888 g/mol. The number of aromatic nitrogens is 4. The van der Waals surface area contributed by atoms with Gasteiger partial charge < -0.3 is 39.9 Å². The molecule has 1 spiro atoms. The number of carbonyl (C=O) groups is 4. The second-order valence-corrected chi connectivity index (χ2v) is 20.1. The van der Waals surface area contributed by atoms with E-state index >= 15 is 0 Å². The molecule has 2 aromatic carbocycles. The molecule has 0 unspecified atom stereocenters. The van der Waals surface area contributed by atoms with Gasteiger partial charge in [-0.15, -0.1) is 11.3 Å². The number of imidazole rings is 2. The van der Waals surface area contributed by atoms with Crippen molar-refractivity contribution in [2.24, 2.45) is 17.3 Å². The molecular weight excluding hydrogens is 829 g/mol. The quantitative estimate of drug-likeness (QED) is 0.102. The van der Waals surface area contributed by atoms with Gasteiger partial charge in [0.1, 0.15) is 23.7 Å². The first-order valence-corrected chi connectivity index (χ1v) is 23.8. The maximum Gasteiger partial charge on any atom is 0.407 e. The minimum absolute atomic E-state index is 0.103. The summed E-state index contributed by atoms with van der Waals surface area (Å²) in [5, 5.41) is 5.48. The van der Waals surface area contributed by atoms with Crippen molar-refractivity contribution >= 4 is 46.4 Å². The first-order valence-electron chi connectivity index (χ1n) is 23.0. The number of methoxy groups -OCH3 is 2. The number of thiophene rings is 1. The molecule has 15 heteroatoms. The zero-order valence-corrected chi connectivity index (χ0v) is 38.5. The topological polar surface area (TPSA) is 175 Å². The lowest BCUT2D eigenvalue weighted by molar-refractivity contribution is -0.136. The van der Waals surface area contributed by atoms with E-state index in [-0.39, 0.29) is 41.1 Å². The van der Waals surface area contributed by atoms with Crippen LogP contribution in [0.3, 0.4) is 0 Å². The van der Waals surface area contributed by atoms with Crippen LogP contribution in [0.15, 0.2) is 48.7 Å². The zero-order valence-electron chi connectivity index (χ0n) is 37.7. The summed E-state index contributed by atoms with van der Waals surface area (Å²) in [7, 11) is 2.61. The van der Waals surface area contributed by atoms with Crippen molar-refractivity contribution in [3.63, 3.8) is 0 Å². The van der Waals surface area contributed by atoms with Gasteiger partial charge in [0.2, 0.25) is 11.8 Å². The van der Waals surface area contributed by atoms with Crippen molar-refractivity contribution in [3.8, 4) is 32.1 Å². The van der Waals surface area contributed by atoms with E-state index in [1.54, 1.807) is 11.3 Å². The lowest BCUT2D eigenvalue weighted by atomic mass is 9.83. The molecule has 338 valence electrons. The van der Waals surface area contributed by atoms with Crippen LogP contribution in [0.2, 0.25) is 0 Å². The zero-order chi connectivity index (χ0) is 44.9. The molecular formula is C49H60N8O6S. The highest BCUT2D eigenvalue weighted by Gasteiger charge is 2.43. The van der Waals surface area contributed by atoms with Crippen molar-refractivity contribution in [1.82, 2.24) is 40.4 Å². The minimum Gasteiger partial charge on any atom is -0.453 e. The molecule has 9 rings (SSSR count). The number of aromatic amines is 2. The Labute approximate surface area is 378 Å². The number of ether oxygens (including phenoxy) is 2. The van der Waals surface area contributed by atoms with Crippen molar-refractivity contribution in [3.05, 3.63) is 71.4 Å². The molecule has 4 atom stereocenters. The fourth-order valence-corrected chi connectivity index (χ4v) is 11.9. The highest BCUT2D eigenvalue weighted by atomic mass is 32.1. The molecule has 2 aliphatic heterocycles. The first kappa shape index (κ1) is 43.5. The third kappa shape index (κ3) is 8.16. The normalized spacial score (nSPS) is 20.1. The van der Waals surface area contributed by atoms with Gasteiger partial charge in [-0.2, -0.15) is 0 Å². The van der Waals surface area contributed by atoms with Crippen LogP contribution >= 0.6 is 11.3 Å². The average Bonchev–Trinajstić information content (AvgIpc) is 4.15. The number of fused-ring (bicyclic) bond motifs is 2. The Morgan fingerprint density at radius 2 is 1.31 bits per heavy atom. The first-order chi connectivity index (χ1) is 30.9. The third-order valence-electron chi connectivity index (χ3n) is 14.2. The van der Waals surface area contributed by atoms with E-state index in [2.05, 4.69) is 63.1 Å². The molecule has 3 aromatic heterocycles. The molecule has 3 fully saturated rings. The van der Waals surface area contributed by atoms with E-state index in [9.17, 15) is 19.2 Å². The Balaban J connectivity index is 0.977. The van der Waals surface area contributed by atoms with Crippen LogP contribution in [0, 0.1) is 17.3 Å². The Bertz CT molecular complexity index is 2570. The van der Waals surface area contributed by atoms with Gasteiger partial charge in [0.05, 0.1) is 54.1 Å². The van der Waals surface area contributed by atoms with Crippen LogP contribution in [0.4, 0.5) is 9.59 Å². The number of H-pyrrole nitrogens is 2. The highest BCUT2D eigenvalue weighted by molar-refractivity contribution is 7.18. The fraction of sp³-hybridized carbons (Fsp3) is 0.510.